The van der Waals surface area contributed by atoms with E-state index in [2.05, 4.69) is 50.1 Å². The Balaban J connectivity index is 1.74. The second-order valence-corrected chi connectivity index (χ2v) is 11.0. The standard InChI is InChI=1S/C28H51N3O2/c1-7-17-30-19-22(5)31(20-21(30)4)27(25-11-10-12-26(18-25)33-6)23-13-15-24(16-14-23)28(32)29(8-2)9-3/h7,21-27H,1,8-20H2,2-6H3/t21-,22?,23?,24?,25?,26?,27?/m1/s1. The fraction of sp³-hybridized carbons (Fsp3) is 0.893. The zero-order valence-corrected chi connectivity index (χ0v) is 22.2. The Morgan fingerprint density at radius 2 is 1.73 bits per heavy atom. The Labute approximate surface area is 203 Å². The van der Waals surface area contributed by atoms with Gasteiger partial charge in [-0.1, -0.05) is 12.5 Å². The summed E-state index contributed by atoms with van der Waals surface area (Å²) in [5.41, 5.74) is 0. The van der Waals surface area contributed by atoms with Crippen molar-refractivity contribution in [2.45, 2.75) is 103 Å². The van der Waals surface area contributed by atoms with Gasteiger partial charge in [-0.3, -0.25) is 14.6 Å². The van der Waals surface area contributed by atoms with Crippen molar-refractivity contribution in [2.24, 2.45) is 17.8 Å². The van der Waals surface area contributed by atoms with Crippen LogP contribution in [-0.4, -0.2) is 84.7 Å². The first-order valence-electron chi connectivity index (χ1n) is 13.9. The van der Waals surface area contributed by atoms with Crippen LogP contribution >= 0.6 is 0 Å². The molecule has 1 amide bonds. The van der Waals surface area contributed by atoms with Crippen LogP contribution in [0.2, 0.25) is 0 Å². The number of nitrogens with zero attached hydrogens (tertiary/aromatic N) is 3. The van der Waals surface area contributed by atoms with E-state index in [9.17, 15) is 4.79 Å². The van der Waals surface area contributed by atoms with Crippen molar-refractivity contribution in [3.05, 3.63) is 12.7 Å². The minimum absolute atomic E-state index is 0.237. The molecule has 5 nitrogen and oxygen atoms in total. The highest BCUT2D eigenvalue weighted by molar-refractivity contribution is 5.78. The molecule has 4 unspecified atom stereocenters. The maximum absolute atomic E-state index is 13.0. The van der Waals surface area contributed by atoms with Gasteiger partial charge in [-0.15, -0.1) is 6.58 Å². The minimum atomic E-state index is 0.237. The second-order valence-electron chi connectivity index (χ2n) is 11.0. The Kier molecular flexibility index (Phi) is 10.3. The van der Waals surface area contributed by atoms with E-state index in [-0.39, 0.29) is 5.92 Å². The SMILES string of the molecule is C=CCN1CC(C)N(C(C2CCC(C(=O)N(CC)CC)CC2)C2CCCC(OC)C2)C[C@H]1C. The molecular formula is C28H51N3O2. The van der Waals surface area contributed by atoms with Gasteiger partial charge in [0, 0.05) is 63.9 Å². The number of hydrogen-bond acceptors (Lipinski definition) is 4. The van der Waals surface area contributed by atoms with Gasteiger partial charge < -0.3 is 9.64 Å². The Hall–Kier alpha value is -0.910. The molecule has 0 aromatic rings. The van der Waals surface area contributed by atoms with E-state index < -0.39 is 0 Å². The number of carbonyl (C=O) groups excluding carboxylic acids is 1. The summed E-state index contributed by atoms with van der Waals surface area (Å²) >= 11 is 0. The number of carbonyl (C=O) groups is 1. The van der Waals surface area contributed by atoms with Crippen LogP contribution in [0.4, 0.5) is 0 Å². The molecule has 0 bridgehead atoms. The molecule has 2 saturated carbocycles. The predicted molar refractivity (Wildman–Crippen MR) is 137 cm³/mol. The van der Waals surface area contributed by atoms with Crippen molar-refractivity contribution in [3.63, 3.8) is 0 Å². The highest BCUT2D eigenvalue weighted by Crippen LogP contribution is 2.42. The maximum atomic E-state index is 13.0. The molecule has 0 spiro atoms. The number of rotatable bonds is 9. The number of amides is 1. The molecule has 5 atom stereocenters. The molecule has 3 fully saturated rings. The average Bonchev–Trinajstić information content (AvgIpc) is 2.83. The van der Waals surface area contributed by atoms with Crippen molar-refractivity contribution in [1.82, 2.24) is 14.7 Å². The zero-order valence-electron chi connectivity index (χ0n) is 22.2. The molecule has 1 saturated heterocycles. The predicted octanol–water partition coefficient (Wildman–Crippen LogP) is 4.82. The van der Waals surface area contributed by atoms with Crippen LogP contribution in [0.15, 0.2) is 12.7 Å². The lowest BCUT2D eigenvalue weighted by Crippen LogP contribution is -2.62. The number of methoxy groups -OCH3 is 1. The van der Waals surface area contributed by atoms with Gasteiger partial charge in [-0.2, -0.15) is 0 Å². The van der Waals surface area contributed by atoms with E-state index in [0.29, 0.717) is 42.0 Å². The molecule has 3 rings (SSSR count). The van der Waals surface area contributed by atoms with Crippen molar-refractivity contribution in [2.75, 3.05) is 39.8 Å². The molecular weight excluding hydrogens is 410 g/mol. The van der Waals surface area contributed by atoms with E-state index >= 15 is 0 Å². The fourth-order valence-corrected chi connectivity index (χ4v) is 7.19. The average molecular weight is 462 g/mol. The monoisotopic (exact) mass is 461 g/mol. The minimum Gasteiger partial charge on any atom is -0.381 e. The van der Waals surface area contributed by atoms with E-state index in [0.717, 1.165) is 45.6 Å². The summed E-state index contributed by atoms with van der Waals surface area (Å²) in [5.74, 6) is 2.05. The summed E-state index contributed by atoms with van der Waals surface area (Å²) in [6.45, 7) is 17.9. The fourth-order valence-electron chi connectivity index (χ4n) is 7.19. The molecule has 0 aromatic heterocycles. The van der Waals surface area contributed by atoms with Gasteiger partial charge in [0.2, 0.25) is 5.91 Å². The summed E-state index contributed by atoms with van der Waals surface area (Å²) < 4.78 is 5.85. The van der Waals surface area contributed by atoms with Crippen LogP contribution < -0.4 is 0 Å². The van der Waals surface area contributed by atoms with Crippen LogP contribution in [0.5, 0.6) is 0 Å². The van der Waals surface area contributed by atoms with Crippen LogP contribution in [0.1, 0.15) is 79.1 Å². The third-order valence-electron chi connectivity index (χ3n) is 9.07. The van der Waals surface area contributed by atoms with Crippen LogP contribution in [0.25, 0.3) is 0 Å². The third-order valence-corrected chi connectivity index (χ3v) is 9.07. The number of piperazine rings is 1. The lowest BCUT2D eigenvalue weighted by atomic mass is 9.70. The summed E-state index contributed by atoms with van der Waals surface area (Å²) in [6.07, 6.45) is 12.0. The van der Waals surface area contributed by atoms with E-state index in [1.807, 2.05) is 12.0 Å². The van der Waals surface area contributed by atoms with Gasteiger partial charge in [0.25, 0.3) is 0 Å². The Bertz CT molecular complexity index is 614. The third kappa shape index (κ3) is 6.41. The van der Waals surface area contributed by atoms with E-state index in [1.165, 1.54) is 38.5 Å². The van der Waals surface area contributed by atoms with Gasteiger partial charge in [0.05, 0.1) is 6.10 Å². The van der Waals surface area contributed by atoms with Crippen LogP contribution in [0, 0.1) is 17.8 Å². The topological polar surface area (TPSA) is 36.0 Å². The quantitative estimate of drug-likeness (QED) is 0.462. The molecule has 0 aromatic carbocycles. The Morgan fingerprint density at radius 3 is 2.33 bits per heavy atom. The summed E-state index contributed by atoms with van der Waals surface area (Å²) in [4.78, 5) is 20.5. The van der Waals surface area contributed by atoms with Crippen molar-refractivity contribution in [1.29, 1.82) is 0 Å². The van der Waals surface area contributed by atoms with Crippen LogP contribution in [0.3, 0.4) is 0 Å². The molecule has 3 aliphatic rings. The maximum Gasteiger partial charge on any atom is 0.225 e. The lowest BCUT2D eigenvalue weighted by molar-refractivity contribution is -0.137. The van der Waals surface area contributed by atoms with E-state index in [1.54, 1.807) is 0 Å². The molecule has 190 valence electrons. The van der Waals surface area contributed by atoms with Gasteiger partial charge in [-0.05, 0) is 84.5 Å². The first-order chi connectivity index (χ1) is 15.9. The normalized spacial score (nSPS) is 35.2. The highest BCUT2D eigenvalue weighted by atomic mass is 16.5. The highest BCUT2D eigenvalue weighted by Gasteiger charge is 2.43. The van der Waals surface area contributed by atoms with Gasteiger partial charge in [-0.25, -0.2) is 0 Å². The van der Waals surface area contributed by atoms with Crippen LogP contribution in [-0.2, 0) is 9.53 Å². The van der Waals surface area contributed by atoms with Gasteiger partial charge in [0.1, 0.15) is 0 Å². The Morgan fingerprint density at radius 1 is 1.03 bits per heavy atom. The first kappa shape index (κ1) is 26.7. The molecule has 2 aliphatic carbocycles. The number of hydrogen-bond donors (Lipinski definition) is 0. The van der Waals surface area contributed by atoms with Crippen molar-refractivity contribution in [3.8, 4) is 0 Å². The first-order valence-corrected chi connectivity index (χ1v) is 13.9. The molecule has 0 radical (unpaired) electrons. The largest absolute Gasteiger partial charge is 0.381 e. The van der Waals surface area contributed by atoms with Gasteiger partial charge >= 0.3 is 0 Å². The van der Waals surface area contributed by atoms with E-state index in [4.69, 9.17) is 4.74 Å². The van der Waals surface area contributed by atoms with Crippen molar-refractivity contribution < 1.29 is 9.53 Å². The molecule has 1 heterocycles. The summed E-state index contributed by atoms with van der Waals surface area (Å²) in [7, 11) is 1.89. The smallest absolute Gasteiger partial charge is 0.225 e. The van der Waals surface area contributed by atoms with Crippen molar-refractivity contribution >= 4 is 5.91 Å². The number of ether oxygens (including phenoxy) is 1. The molecule has 5 heteroatoms. The second kappa shape index (κ2) is 12.7. The molecule has 0 N–H and O–H groups in total. The summed E-state index contributed by atoms with van der Waals surface area (Å²) in [5, 5.41) is 0. The zero-order chi connectivity index (χ0) is 24.0. The summed E-state index contributed by atoms with van der Waals surface area (Å²) in [6, 6.07) is 1.74. The molecule has 33 heavy (non-hydrogen) atoms. The molecule has 1 aliphatic heterocycles. The lowest BCUT2D eigenvalue weighted by Gasteiger charge is -2.53. The van der Waals surface area contributed by atoms with Gasteiger partial charge in [0.15, 0.2) is 0 Å².